The molecule has 112 valence electrons. The second-order valence-electron chi connectivity index (χ2n) is 6.39. The minimum absolute atomic E-state index is 0.0282. The Balaban J connectivity index is 1.85. The van der Waals surface area contributed by atoms with Crippen LogP contribution in [0.3, 0.4) is 0 Å². The third kappa shape index (κ3) is 3.82. The highest BCUT2D eigenvalue weighted by atomic mass is 16.5. The van der Waals surface area contributed by atoms with Gasteiger partial charge in [0, 0.05) is 12.6 Å². The van der Waals surface area contributed by atoms with Gasteiger partial charge < -0.3 is 14.9 Å². The summed E-state index contributed by atoms with van der Waals surface area (Å²) in [6, 6.07) is 1.49. The second-order valence-corrected chi connectivity index (χ2v) is 6.39. The Bertz CT molecular complexity index is 448. The van der Waals surface area contributed by atoms with Crippen LogP contribution in [0.5, 0.6) is 0 Å². The fourth-order valence-corrected chi connectivity index (χ4v) is 3.39. The van der Waals surface area contributed by atoms with Crippen molar-refractivity contribution in [2.75, 3.05) is 6.54 Å². The Kier molecular flexibility index (Phi) is 4.81. The molecular weight excluding hydrogens is 256 g/mol. The first kappa shape index (κ1) is 15.0. The van der Waals surface area contributed by atoms with Crippen molar-refractivity contribution in [3.05, 3.63) is 17.5 Å². The molecule has 1 saturated carbocycles. The van der Waals surface area contributed by atoms with E-state index in [4.69, 9.17) is 9.63 Å². The molecule has 1 aliphatic carbocycles. The van der Waals surface area contributed by atoms with Crippen molar-refractivity contribution in [3.63, 3.8) is 0 Å². The van der Waals surface area contributed by atoms with E-state index in [9.17, 15) is 4.79 Å². The molecule has 5 nitrogen and oxygen atoms in total. The highest BCUT2D eigenvalue weighted by Gasteiger charge is 2.33. The average Bonchev–Trinajstić information content (AvgIpc) is 2.98. The van der Waals surface area contributed by atoms with Gasteiger partial charge in [0.05, 0.1) is 6.54 Å². The van der Waals surface area contributed by atoms with Gasteiger partial charge in [-0.25, -0.2) is 4.79 Å². The first-order valence-electron chi connectivity index (χ1n) is 7.40. The molecule has 2 rings (SSSR count). The minimum atomic E-state index is -1.05. The van der Waals surface area contributed by atoms with Crippen LogP contribution < -0.4 is 5.32 Å². The van der Waals surface area contributed by atoms with Crippen LogP contribution in [0.2, 0.25) is 0 Å². The van der Waals surface area contributed by atoms with E-state index in [2.05, 4.69) is 24.3 Å². The van der Waals surface area contributed by atoms with E-state index in [-0.39, 0.29) is 5.69 Å². The van der Waals surface area contributed by atoms with E-state index in [0.717, 1.165) is 6.54 Å². The Hall–Kier alpha value is -1.36. The fourth-order valence-electron chi connectivity index (χ4n) is 3.39. The van der Waals surface area contributed by atoms with Gasteiger partial charge in [0.2, 0.25) is 0 Å². The van der Waals surface area contributed by atoms with Gasteiger partial charge in [-0.3, -0.25) is 0 Å². The third-order valence-corrected chi connectivity index (χ3v) is 4.08. The van der Waals surface area contributed by atoms with Crippen LogP contribution in [0.4, 0.5) is 0 Å². The number of rotatable bonds is 7. The minimum Gasteiger partial charge on any atom is -0.476 e. The predicted molar refractivity (Wildman–Crippen MR) is 75.5 cm³/mol. The van der Waals surface area contributed by atoms with Crippen LogP contribution in [0.25, 0.3) is 0 Å². The largest absolute Gasteiger partial charge is 0.476 e. The highest BCUT2D eigenvalue weighted by molar-refractivity contribution is 5.85. The summed E-state index contributed by atoms with van der Waals surface area (Å²) in [5.74, 6) is 0.242. The standard InChI is InChI=1S/C15H24N2O3/c1-11(2)8-15(5-3-4-6-15)10-16-9-12-7-13(14(18)19)17-20-12/h7,11,16H,3-6,8-10H2,1-2H3,(H,18,19). The van der Waals surface area contributed by atoms with Crippen LogP contribution >= 0.6 is 0 Å². The van der Waals surface area contributed by atoms with Crippen molar-refractivity contribution in [3.8, 4) is 0 Å². The fraction of sp³-hybridized carbons (Fsp3) is 0.733. The molecule has 0 saturated heterocycles. The maximum Gasteiger partial charge on any atom is 0.358 e. The Morgan fingerprint density at radius 3 is 2.75 bits per heavy atom. The lowest BCUT2D eigenvalue weighted by atomic mass is 9.78. The van der Waals surface area contributed by atoms with Crippen LogP contribution in [-0.2, 0) is 6.54 Å². The number of carboxylic acids is 1. The van der Waals surface area contributed by atoms with E-state index in [0.29, 0.717) is 23.6 Å². The third-order valence-electron chi connectivity index (χ3n) is 4.08. The molecule has 1 fully saturated rings. The van der Waals surface area contributed by atoms with Gasteiger partial charge >= 0.3 is 5.97 Å². The molecule has 0 bridgehead atoms. The number of nitrogens with zero attached hydrogens (tertiary/aromatic N) is 1. The van der Waals surface area contributed by atoms with Crippen molar-refractivity contribution in [1.29, 1.82) is 0 Å². The van der Waals surface area contributed by atoms with Crippen LogP contribution in [0, 0.1) is 11.3 Å². The van der Waals surface area contributed by atoms with E-state index in [1.54, 1.807) is 0 Å². The summed E-state index contributed by atoms with van der Waals surface area (Å²) in [6.45, 7) is 6.06. The molecule has 0 radical (unpaired) electrons. The van der Waals surface area contributed by atoms with Crippen molar-refractivity contribution in [1.82, 2.24) is 10.5 Å². The maximum absolute atomic E-state index is 10.7. The Morgan fingerprint density at radius 2 is 2.20 bits per heavy atom. The number of aromatic nitrogens is 1. The van der Waals surface area contributed by atoms with E-state index in [1.807, 2.05) is 0 Å². The normalized spacial score (nSPS) is 17.8. The van der Waals surface area contributed by atoms with Gasteiger partial charge in [-0.2, -0.15) is 0 Å². The molecule has 20 heavy (non-hydrogen) atoms. The summed E-state index contributed by atoms with van der Waals surface area (Å²) >= 11 is 0. The number of hydrogen-bond acceptors (Lipinski definition) is 4. The monoisotopic (exact) mass is 280 g/mol. The molecule has 0 aliphatic heterocycles. The van der Waals surface area contributed by atoms with Crippen molar-refractivity contribution < 1.29 is 14.4 Å². The summed E-state index contributed by atoms with van der Waals surface area (Å²) in [6.07, 6.45) is 6.46. The van der Waals surface area contributed by atoms with Gasteiger partial charge in [-0.05, 0) is 30.6 Å². The van der Waals surface area contributed by atoms with Crippen molar-refractivity contribution in [2.24, 2.45) is 11.3 Å². The lowest BCUT2D eigenvalue weighted by molar-refractivity contribution is 0.0685. The van der Waals surface area contributed by atoms with E-state index < -0.39 is 5.97 Å². The lowest BCUT2D eigenvalue weighted by Crippen LogP contribution is -2.33. The Labute approximate surface area is 119 Å². The van der Waals surface area contributed by atoms with Gasteiger partial charge in [0.1, 0.15) is 0 Å². The zero-order valence-electron chi connectivity index (χ0n) is 12.3. The van der Waals surface area contributed by atoms with Crippen LogP contribution in [0.1, 0.15) is 62.2 Å². The molecule has 0 aromatic carbocycles. The first-order chi connectivity index (χ1) is 9.51. The molecule has 1 aliphatic rings. The maximum atomic E-state index is 10.7. The van der Waals surface area contributed by atoms with Gasteiger partial charge in [0.25, 0.3) is 0 Å². The van der Waals surface area contributed by atoms with E-state index in [1.165, 1.54) is 38.2 Å². The molecule has 1 heterocycles. The SMILES string of the molecule is CC(C)CC1(CNCc2cc(C(=O)O)no2)CCCC1. The summed E-state index contributed by atoms with van der Waals surface area (Å²) in [4.78, 5) is 10.7. The molecule has 1 aromatic rings. The van der Waals surface area contributed by atoms with Gasteiger partial charge in [-0.15, -0.1) is 0 Å². The highest BCUT2D eigenvalue weighted by Crippen LogP contribution is 2.42. The summed E-state index contributed by atoms with van der Waals surface area (Å²) in [5.41, 5.74) is 0.378. The first-order valence-corrected chi connectivity index (χ1v) is 7.40. The van der Waals surface area contributed by atoms with Crippen molar-refractivity contribution >= 4 is 5.97 Å². The molecule has 0 atom stereocenters. The van der Waals surface area contributed by atoms with E-state index >= 15 is 0 Å². The van der Waals surface area contributed by atoms with Crippen molar-refractivity contribution in [2.45, 2.75) is 52.5 Å². The topological polar surface area (TPSA) is 75.4 Å². The number of hydrogen-bond donors (Lipinski definition) is 2. The number of carbonyl (C=O) groups is 1. The van der Waals surface area contributed by atoms with Gasteiger partial charge in [-0.1, -0.05) is 31.8 Å². The average molecular weight is 280 g/mol. The molecule has 0 amide bonds. The smallest absolute Gasteiger partial charge is 0.358 e. The summed E-state index contributed by atoms with van der Waals surface area (Å²) in [7, 11) is 0. The van der Waals surface area contributed by atoms with Crippen LogP contribution in [-0.4, -0.2) is 22.8 Å². The predicted octanol–water partition coefficient (Wildman–Crippen LogP) is 3.07. The molecule has 0 unspecified atom stereocenters. The Morgan fingerprint density at radius 1 is 1.50 bits per heavy atom. The quantitative estimate of drug-likeness (QED) is 0.802. The summed E-state index contributed by atoms with van der Waals surface area (Å²) < 4.78 is 5.01. The molecule has 2 N–H and O–H groups in total. The second kappa shape index (κ2) is 6.39. The number of nitrogens with one attached hydrogen (secondary N) is 1. The molecule has 0 spiro atoms. The number of aromatic carboxylic acids is 1. The molecular formula is C15H24N2O3. The summed E-state index contributed by atoms with van der Waals surface area (Å²) in [5, 5.41) is 15.7. The lowest BCUT2D eigenvalue weighted by Gasteiger charge is -2.31. The van der Waals surface area contributed by atoms with Crippen LogP contribution in [0.15, 0.2) is 10.6 Å². The zero-order valence-corrected chi connectivity index (χ0v) is 12.3. The zero-order chi connectivity index (χ0) is 14.6. The van der Waals surface area contributed by atoms with Gasteiger partial charge in [0.15, 0.2) is 11.5 Å². The molecule has 1 aromatic heterocycles. The molecule has 5 heteroatoms. The number of carboxylic acid groups (broad SMARTS) is 1.